The smallest absolute Gasteiger partial charge is 0.261 e. The van der Waals surface area contributed by atoms with Gasteiger partial charge in [-0.15, -0.1) is 0 Å². The second-order valence-corrected chi connectivity index (χ2v) is 7.42. The molecule has 146 valence electrons. The van der Waals surface area contributed by atoms with Crippen LogP contribution in [0.5, 0.6) is 5.75 Å². The molecule has 5 rings (SSSR count). The number of rotatable bonds is 3. The third-order valence-corrected chi connectivity index (χ3v) is 5.80. The van der Waals surface area contributed by atoms with Crippen molar-refractivity contribution < 1.29 is 4.74 Å². The van der Waals surface area contributed by atoms with Gasteiger partial charge in [0, 0.05) is 30.9 Å². The molecule has 0 radical (unpaired) electrons. The molecular weight excluding hydrogens is 364 g/mol. The molecule has 3 heterocycles. The van der Waals surface area contributed by atoms with Gasteiger partial charge in [0.2, 0.25) is 0 Å². The lowest BCUT2D eigenvalue weighted by atomic mass is 10.1. The fourth-order valence-corrected chi connectivity index (χ4v) is 4.34. The zero-order valence-electron chi connectivity index (χ0n) is 16.5. The third-order valence-electron chi connectivity index (χ3n) is 5.80. The highest BCUT2D eigenvalue weighted by molar-refractivity contribution is 5.93. The molecule has 0 spiro atoms. The maximum absolute atomic E-state index is 12.9. The fraction of sp³-hybridized carbons (Fsp3) is 0.261. The summed E-state index contributed by atoms with van der Waals surface area (Å²) in [5.41, 5.74) is 2.77. The van der Waals surface area contributed by atoms with Crippen LogP contribution in [0.2, 0.25) is 0 Å². The van der Waals surface area contributed by atoms with Crippen LogP contribution in [0.15, 0.2) is 59.5 Å². The van der Waals surface area contributed by atoms with Gasteiger partial charge in [-0.25, -0.2) is 4.98 Å². The van der Waals surface area contributed by atoms with E-state index in [1.54, 1.807) is 11.7 Å². The van der Waals surface area contributed by atoms with E-state index in [0.29, 0.717) is 5.39 Å². The van der Waals surface area contributed by atoms with Crippen molar-refractivity contribution in [3.8, 4) is 5.75 Å². The number of ether oxygens (including phenoxy) is 1. The van der Waals surface area contributed by atoms with Crippen LogP contribution >= 0.6 is 0 Å². The molecule has 1 aliphatic rings. The maximum atomic E-state index is 12.9. The van der Waals surface area contributed by atoms with Crippen molar-refractivity contribution in [3.05, 3.63) is 70.9 Å². The summed E-state index contributed by atoms with van der Waals surface area (Å²) in [5.74, 6) is 1.61. The van der Waals surface area contributed by atoms with Gasteiger partial charge in [0.25, 0.3) is 5.56 Å². The summed E-state index contributed by atoms with van der Waals surface area (Å²) in [5, 5.41) is 1.70. The van der Waals surface area contributed by atoms with Gasteiger partial charge in [0.05, 0.1) is 29.6 Å². The van der Waals surface area contributed by atoms with E-state index in [1.807, 2.05) is 61.8 Å². The van der Waals surface area contributed by atoms with Crippen LogP contribution in [0.3, 0.4) is 0 Å². The van der Waals surface area contributed by atoms with E-state index >= 15 is 0 Å². The van der Waals surface area contributed by atoms with Crippen molar-refractivity contribution >= 4 is 27.5 Å². The first kappa shape index (κ1) is 17.7. The fourth-order valence-electron chi connectivity index (χ4n) is 4.34. The number of nitrogens with zero attached hydrogens (tertiary/aromatic N) is 4. The predicted molar refractivity (Wildman–Crippen MR) is 115 cm³/mol. The molecule has 1 aliphatic heterocycles. The number of aromatic nitrogens is 3. The first-order chi connectivity index (χ1) is 14.2. The molecule has 4 aromatic rings. The van der Waals surface area contributed by atoms with Gasteiger partial charge in [-0.3, -0.25) is 14.3 Å². The summed E-state index contributed by atoms with van der Waals surface area (Å²) < 4.78 is 7.13. The van der Waals surface area contributed by atoms with E-state index in [0.717, 1.165) is 53.1 Å². The van der Waals surface area contributed by atoms with Crippen LogP contribution in [0, 0.1) is 0 Å². The summed E-state index contributed by atoms with van der Waals surface area (Å²) in [6.07, 6.45) is 3.83. The van der Waals surface area contributed by atoms with Crippen LogP contribution in [0.25, 0.3) is 21.8 Å². The monoisotopic (exact) mass is 386 g/mol. The van der Waals surface area contributed by atoms with Crippen LogP contribution in [-0.4, -0.2) is 28.2 Å². The molecule has 29 heavy (non-hydrogen) atoms. The summed E-state index contributed by atoms with van der Waals surface area (Å²) in [6, 6.07) is 15.6. The Labute approximate surface area is 168 Å². The molecule has 1 unspecified atom stereocenters. The van der Waals surface area contributed by atoms with Crippen LogP contribution < -0.4 is 15.2 Å². The average molecular weight is 386 g/mol. The highest BCUT2D eigenvalue weighted by atomic mass is 16.5. The lowest BCUT2D eigenvalue weighted by Gasteiger charge is -2.28. The van der Waals surface area contributed by atoms with E-state index in [4.69, 9.17) is 9.72 Å². The highest BCUT2D eigenvalue weighted by Gasteiger charge is 2.31. The van der Waals surface area contributed by atoms with Gasteiger partial charge in [0.15, 0.2) is 0 Å². The Balaban J connectivity index is 1.67. The second-order valence-electron chi connectivity index (χ2n) is 7.42. The Bertz CT molecular complexity index is 1280. The predicted octanol–water partition coefficient (Wildman–Crippen LogP) is 3.83. The van der Waals surface area contributed by atoms with E-state index in [9.17, 15) is 4.79 Å². The molecule has 0 bridgehead atoms. The summed E-state index contributed by atoms with van der Waals surface area (Å²) in [4.78, 5) is 24.7. The Kier molecular flexibility index (Phi) is 4.19. The number of methoxy groups -OCH3 is 1. The quantitative estimate of drug-likeness (QED) is 0.536. The Hall–Kier alpha value is -3.41. The standard InChI is InChI=1S/C23H22N4O2/c1-26-22(25-19-7-4-3-6-16(19)23(26)28)21-8-5-13-27(21)20-11-12-24-18-10-9-15(29-2)14-17(18)20/h3-4,6-7,9-12,14,21H,5,8,13H2,1-2H3. The van der Waals surface area contributed by atoms with E-state index in [1.165, 1.54) is 0 Å². The molecular formula is C23H22N4O2. The van der Waals surface area contributed by atoms with Gasteiger partial charge < -0.3 is 9.64 Å². The SMILES string of the molecule is COc1ccc2nccc(N3CCCC3c3nc4ccccc4c(=O)n3C)c2c1. The summed E-state index contributed by atoms with van der Waals surface area (Å²) in [6.45, 7) is 0.906. The molecule has 0 N–H and O–H groups in total. The number of para-hydroxylation sites is 1. The minimum Gasteiger partial charge on any atom is -0.497 e. The number of pyridine rings is 1. The topological polar surface area (TPSA) is 60.2 Å². The number of fused-ring (bicyclic) bond motifs is 2. The van der Waals surface area contributed by atoms with Crippen LogP contribution in [0.4, 0.5) is 5.69 Å². The van der Waals surface area contributed by atoms with Crippen molar-refractivity contribution in [1.29, 1.82) is 0 Å². The largest absolute Gasteiger partial charge is 0.497 e. The minimum atomic E-state index is -0.00120. The molecule has 6 nitrogen and oxygen atoms in total. The molecule has 0 amide bonds. The first-order valence-corrected chi connectivity index (χ1v) is 9.82. The van der Waals surface area contributed by atoms with Gasteiger partial charge >= 0.3 is 0 Å². The highest BCUT2D eigenvalue weighted by Crippen LogP contribution is 2.39. The minimum absolute atomic E-state index is 0.00120. The van der Waals surface area contributed by atoms with Crippen LogP contribution in [0.1, 0.15) is 24.7 Å². The number of hydrogen-bond acceptors (Lipinski definition) is 5. The van der Waals surface area contributed by atoms with Crippen molar-refractivity contribution in [2.75, 3.05) is 18.6 Å². The van der Waals surface area contributed by atoms with E-state index in [-0.39, 0.29) is 11.6 Å². The molecule has 1 saturated heterocycles. The van der Waals surface area contributed by atoms with Crippen molar-refractivity contribution in [3.63, 3.8) is 0 Å². The molecule has 2 aromatic carbocycles. The lowest BCUT2D eigenvalue weighted by molar-refractivity contribution is 0.415. The summed E-state index contributed by atoms with van der Waals surface area (Å²) >= 11 is 0. The first-order valence-electron chi connectivity index (χ1n) is 9.82. The van der Waals surface area contributed by atoms with Crippen molar-refractivity contribution in [2.45, 2.75) is 18.9 Å². The van der Waals surface area contributed by atoms with Gasteiger partial charge in [-0.2, -0.15) is 0 Å². The summed E-state index contributed by atoms with van der Waals surface area (Å²) in [7, 11) is 3.49. The molecule has 6 heteroatoms. The van der Waals surface area contributed by atoms with Gasteiger partial charge in [-0.05, 0) is 49.2 Å². The number of anilines is 1. The Morgan fingerprint density at radius 2 is 1.93 bits per heavy atom. The number of hydrogen-bond donors (Lipinski definition) is 0. The molecule has 1 fully saturated rings. The third kappa shape index (κ3) is 2.83. The zero-order chi connectivity index (χ0) is 20.0. The number of benzene rings is 2. The van der Waals surface area contributed by atoms with Gasteiger partial charge in [-0.1, -0.05) is 12.1 Å². The molecule has 0 aliphatic carbocycles. The van der Waals surface area contributed by atoms with Gasteiger partial charge in [0.1, 0.15) is 11.6 Å². The Morgan fingerprint density at radius 3 is 2.79 bits per heavy atom. The van der Waals surface area contributed by atoms with E-state index < -0.39 is 0 Å². The van der Waals surface area contributed by atoms with Crippen molar-refractivity contribution in [2.24, 2.45) is 7.05 Å². The van der Waals surface area contributed by atoms with E-state index in [2.05, 4.69) is 9.88 Å². The molecule has 1 atom stereocenters. The second kappa shape index (κ2) is 6.88. The Morgan fingerprint density at radius 1 is 1.07 bits per heavy atom. The van der Waals surface area contributed by atoms with Crippen molar-refractivity contribution in [1.82, 2.24) is 14.5 Å². The zero-order valence-corrected chi connectivity index (χ0v) is 16.5. The maximum Gasteiger partial charge on any atom is 0.261 e. The average Bonchev–Trinajstić information content (AvgIpc) is 3.24. The normalized spacial score (nSPS) is 16.6. The van der Waals surface area contributed by atoms with Crippen LogP contribution in [-0.2, 0) is 7.05 Å². The molecule has 2 aromatic heterocycles. The molecule has 0 saturated carbocycles. The lowest BCUT2D eigenvalue weighted by Crippen LogP contribution is -2.30.